The molecule has 1 unspecified atom stereocenters. The highest BCUT2D eigenvalue weighted by atomic mass is 35.5. The molecule has 0 saturated carbocycles. The molecule has 26 heavy (non-hydrogen) atoms. The number of halogens is 1. The van der Waals surface area contributed by atoms with Crippen LogP contribution in [-0.4, -0.2) is 39.7 Å². The molecule has 140 valence electrons. The molecule has 1 atom stereocenters. The van der Waals surface area contributed by atoms with Gasteiger partial charge in [0, 0.05) is 28.4 Å². The van der Waals surface area contributed by atoms with Gasteiger partial charge < -0.3 is 15.2 Å². The fourth-order valence-electron chi connectivity index (χ4n) is 2.80. The molecule has 0 radical (unpaired) electrons. The van der Waals surface area contributed by atoms with E-state index in [1.54, 1.807) is 0 Å². The van der Waals surface area contributed by atoms with Crippen LogP contribution in [0, 0.1) is 0 Å². The molecule has 8 heteroatoms. The van der Waals surface area contributed by atoms with Crippen LogP contribution in [-0.2, 0) is 6.54 Å². The van der Waals surface area contributed by atoms with E-state index in [9.17, 15) is 0 Å². The van der Waals surface area contributed by atoms with Crippen molar-refractivity contribution in [2.24, 2.45) is 4.99 Å². The second kappa shape index (κ2) is 8.77. The predicted octanol–water partition coefficient (Wildman–Crippen LogP) is 3.73. The zero-order chi connectivity index (χ0) is 18.4. The van der Waals surface area contributed by atoms with E-state index >= 15 is 0 Å². The first-order valence-corrected chi connectivity index (χ1v) is 10.2. The van der Waals surface area contributed by atoms with E-state index < -0.39 is 0 Å². The molecule has 1 fully saturated rings. The maximum Gasteiger partial charge on any atom is 0.248 e. The van der Waals surface area contributed by atoms with Crippen molar-refractivity contribution in [1.82, 2.24) is 20.8 Å². The Bertz CT molecular complexity index is 758. The van der Waals surface area contributed by atoms with E-state index in [1.165, 1.54) is 18.6 Å². The normalized spacial score (nSPS) is 20.3. The highest BCUT2D eigenvalue weighted by Gasteiger charge is 2.29. The predicted molar refractivity (Wildman–Crippen MR) is 108 cm³/mol. The second-order valence-electron chi connectivity index (χ2n) is 6.47. The first-order valence-electron chi connectivity index (χ1n) is 8.83. The Labute approximate surface area is 163 Å². The third-order valence-electron chi connectivity index (χ3n) is 4.20. The molecule has 0 aliphatic carbocycles. The molecular weight excluding hydrogens is 370 g/mol. The van der Waals surface area contributed by atoms with Gasteiger partial charge in [0.25, 0.3) is 0 Å². The molecule has 3 rings (SSSR count). The molecule has 6 nitrogen and oxygen atoms in total. The summed E-state index contributed by atoms with van der Waals surface area (Å²) in [7, 11) is 0. The lowest BCUT2D eigenvalue weighted by Crippen LogP contribution is -2.43. The first kappa shape index (κ1) is 19.0. The maximum absolute atomic E-state index is 6.01. The van der Waals surface area contributed by atoms with Crippen molar-refractivity contribution in [2.45, 2.75) is 38.0 Å². The molecule has 2 aromatic rings. The lowest BCUT2D eigenvalue weighted by Gasteiger charge is -2.24. The number of hydrogen-bond donors (Lipinski definition) is 2. The van der Waals surface area contributed by atoms with E-state index in [-0.39, 0.29) is 4.75 Å². The van der Waals surface area contributed by atoms with E-state index in [4.69, 9.17) is 16.1 Å². The van der Waals surface area contributed by atoms with Crippen molar-refractivity contribution in [3.05, 3.63) is 35.2 Å². The van der Waals surface area contributed by atoms with Gasteiger partial charge in [-0.2, -0.15) is 16.7 Å². The van der Waals surface area contributed by atoms with Gasteiger partial charge in [-0.3, -0.25) is 0 Å². The fraction of sp³-hybridized carbons (Fsp3) is 0.500. The van der Waals surface area contributed by atoms with Gasteiger partial charge in [-0.1, -0.05) is 28.9 Å². The average Bonchev–Trinajstić information content (AvgIpc) is 3.27. The summed E-state index contributed by atoms with van der Waals surface area (Å²) in [5, 5.41) is 11.3. The number of hydrogen-bond acceptors (Lipinski definition) is 5. The minimum absolute atomic E-state index is 0.278. The van der Waals surface area contributed by atoms with Crippen LogP contribution in [0.2, 0.25) is 5.02 Å². The Morgan fingerprint density at radius 2 is 2.31 bits per heavy atom. The smallest absolute Gasteiger partial charge is 0.248 e. The summed E-state index contributed by atoms with van der Waals surface area (Å²) in [6.07, 6.45) is 2.52. The molecule has 0 spiro atoms. The van der Waals surface area contributed by atoms with Crippen molar-refractivity contribution < 1.29 is 4.52 Å². The number of nitrogens with one attached hydrogen (secondary N) is 2. The molecule has 2 N–H and O–H groups in total. The number of rotatable bonds is 6. The molecule has 1 aromatic heterocycles. The van der Waals surface area contributed by atoms with E-state index in [0.717, 1.165) is 24.6 Å². The molecule has 0 amide bonds. The fourth-order valence-corrected chi connectivity index (χ4v) is 4.23. The molecule has 0 bridgehead atoms. The van der Waals surface area contributed by atoms with Gasteiger partial charge in [-0.05, 0) is 44.6 Å². The summed E-state index contributed by atoms with van der Waals surface area (Å²) in [6, 6.07) is 7.38. The van der Waals surface area contributed by atoms with Crippen LogP contribution in [0.3, 0.4) is 0 Å². The number of thioether (sulfide) groups is 1. The monoisotopic (exact) mass is 393 g/mol. The van der Waals surface area contributed by atoms with E-state index in [2.05, 4.69) is 32.7 Å². The minimum Gasteiger partial charge on any atom is -0.357 e. The van der Waals surface area contributed by atoms with Gasteiger partial charge in [0.15, 0.2) is 5.96 Å². The average molecular weight is 394 g/mol. The molecule has 1 aromatic carbocycles. The molecule has 1 saturated heterocycles. The van der Waals surface area contributed by atoms with Crippen LogP contribution in [0.5, 0.6) is 0 Å². The topological polar surface area (TPSA) is 75.3 Å². The van der Waals surface area contributed by atoms with Crippen molar-refractivity contribution in [3.8, 4) is 11.4 Å². The van der Waals surface area contributed by atoms with Crippen LogP contribution in [0.4, 0.5) is 0 Å². The zero-order valence-electron chi connectivity index (χ0n) is 15.1. The number of nitrogens with zero attached hydrogens (tertiary/aromatic N) is 3. The summed E-state index contributed by atoms with van der Waals surface area (Å²) in [4.78, 5) is 8.96. The Kier molecular flexibility index (Phi) is 6.43. The summed E-state index contributed by atoms with van der Waals surface area (Å²) < 4.78 is 5.59. The summed E-state index contributed by atoms with van der Waals surface area (Å²) in [5.41, 5.74) is 0.827. The van der Waals surface area contributed by atoms with Crippen molar-refractivity contribution in [3.63, 3.8) is 0 Å². The number of aliphatic imine (C=N–C) groups is 1. The SMILES string of the molecule is CCNC(=NCc1nc(-c2cccc(Cl)c2)no1)NCC1(C)CCCS1. The van der Waals surface area contributed by atoms with Gasteiger partial charge in [-0.25, -0.2) is 4.99 Å². The van der Waals surface area contributed by atoms with E-state index in [1.807, 2.05) is 43.0 Å². The third-order valence-corrected chi connectivity index (χ3v) is 5.97. The number of benzene rings is 1. The third kappa shape index (κ3) is 5.14. The van der Waals surface area contributed by atoms with Gasteiger partial charge in [-0.15, -0.1) is 0 Å². The minimum atomic E-state index is 0.278. The Balaban J connectivity index is 1.62. The van der Waals surface area contributed by atoms with Crippen molar-refractivity contribution in [1.29, 1.82) is 0 Å². The summed E-state index contributed by atoms with van der Waals surface area (Å²) in [5.74, 6) is 2.99. The van der Waals surface area contributed by atoms with Crippen LogP contribution >= 0.6 is 23.4 Å². The van der Waals surface area contributed by atoms with Crippen molar-refractivity contribution >= 4 is 29.3 Å². The molecule has 2 heterocycles. The van der Waals surface area contributed by atoms with Crippen LogP contribution < -0.4 is 10.6 Å². The highest BCUT2D eigenvalue weighted by Crippen LogP contribution is 2.36. The maximum atomic E-state index is 6.01. The standard InChI is InChI=1S/C18H24ClN5OS/c1-3-20-17(22-12-18(2)8-5-9-26-18)21-11-15-23-16(24-25-15)13-6-4-7-14(19)10-13/h4,6-7,10H,3,5,8-9,11-12H2,1-2H3,(H2,20,21,22). The van der Waals surface area contributed by atoms with Crippen LogP contribution in [0.25, 0.3) is 11.4 Å². The number of guanidine groups is 1. The lowest BCUT2D eigenvalue weighted by atomic mass is 10.1. The quantitative estimate of drug-likeness (QED) is 0.575. The zero-order valence-corrected chi connectivity index (χ0v) is 16.7. The van der Waals surface area contributed by atoms with Crippen LogP contribution in [0.1, 0.15) is 32.6 Å². The highest BCUT2D eigenvalue weighted by molar-refractivity contribution is 8.00. The van der Waals surface area contributed by atoms with Crippen LogP contribution in [0.15, 0.2) is 33.8 Å². The number of aromatic nitrogens is 2. The van der Waals surface area contributed by atoms with E-state index in [0.29, 0.717) is 23.3 Å². The Morgan fingerprint density at radius 1 is 1.42 bits per heavy atom. The van der Waals surface area contributed by atoms with Gasteiger partial charge >= 0.3 is 0 Å². The van der Waals surface area contributed by atoms with Gasteiger partial charge in [0.2, 0.25) is 11.7 Å². The van der Waals surface area contributed by atoms with Gasteiger partial charge in [0.1, 0.15) is 6.54 Å². The molecule has 1 aliphatic rings. The Hall–Kier alpha value is -1.73. The lowest BCUT2D eigenvalue weighted by molar-refractivity contribution is 0.380. The summed E-state index contributed by atoms with van der Waals surface area (Å²) in [6.45, 7) is 6.37. The van der Waals surface area contributed by atoms with Crippen molar-refractivity contribution in [2.75, 3.05) is 18.8 Å². The second-order valence-corrected chi connectivity index (χ2v) is 8.59. The largest absolute Gasteiger partial charge is 0.357 e. The molecular formula is C18H24ClN5OS. The first-order chi connectivity index (χ1) is 12.6. The summed E-state index contributed by atoms with van der Waals surface area (Å²) >= 11 is 8.04. The van der Waals surface area contributed by atoms with Gasteiger partial charge in [0.05, 0.1) is 0 Å². The Morgan fingerprint density at radius 3 is 3.04 bits per heavy atom. The molecule has 1 aliphatic heterocycles.